The van der Waals surface area contributed by atoms with E-state index in [2.05, 4.69) is 25.9 Å². The molecule has 2 rings (SSSR count). The fourth-order valence-electron chi connectivity index (χ4n) is 1.42. The van der Waals surface area contributed by atoms with Crippen LogP contribution < -0.4 is 10.1 Å². The van der Waals surface area contributed by atoms with Crippen LogP contribution in [0.1, 0.15) is 11.4 Å². The van der Waals surface area contributed by atoms with Gasteiger partial charge in [0.15, 0.2) is 17.3 Å². The van der Waals surface area contributed by atoms with Gasteiger partial charge in [0.1, 0.15) is 0 Å². The van der Waals surface area contributed by atoms with Gasteiger partial charge in [0, 0.05) is 6.54 Å². The van der Waals surface area contributed by atoms with E-state index in [1.165, 1.54) is 7.11 Å². The minimum atomic E-state index is 0.131. The van der Waals surface area contributed by atoms with Gasteiger partial charge >= 0.3 is 0 Å². The number of ether oxygens (including phenoxy) is 1. The zero-order valence-electron chi connectivity index (χ0n) is 9.34. The van der Waals surface area contributed by atoms with Crippen LogP contribution in [0.5, 0.6) is 11.5 Å². The topological polar surface area (TPSA) is 96.0 Å². The van der Waals surface area contributed by atoms with Gasteiger partial charge in [-0.1, -0.05) is 11.3 Å². The predicted molar refractivity (Wildman–Crippen MR) is 59.4 cm³/mol. The first-order valence-corrected chi connectivity index (χ1v) is 5.08. The highest BCUT2D eigenvalue weighted by molar-refractivity contribution is 5.41. The van der Waals surface area contributed by atoms with E-state index in [1.54, 1.807) is 12.1 Å². The second-order valence-electron chi connectivity index (χ2n) is 3.44. The first-order valence-electron chi connectivity index (χ1n) is 5.08. The molecule has 17 heavy (non-hydrogen) atoms. The van der Waals surface area contributed by atoms with E-state index >= 15 is 0 Å². The van der Waals surface area contributed by atoms with Gasteiger partial charge < -0.3 is 15.2 Å². The number of phenolic OH excluding ortho intramolecular Hbond substituents is 1. The van der Waals surface area contributed by atoms with Crippen LogP contribution in [0.25, 0.3) is 0 Å². The maximum atomic E-state index is 9.58. The summed E-state index contributed by atoms with van der Waals surface area (Å²) in [5, 5.41) is 26.2. The summed E-state index contributed by atoms with van der Waals surface area (Å²) >= 11 is 0. The highest BCUT2D eigenvalue weighted by Gasteiger charge is 2.03. The standard InChI is InChI=1S/C10H13N5O2/c1-17-9-3-2-7(4-8(9)16)5-11-6-10-12-14-15-13-10/h2-4,11,16H,5-6H2,1H3,(H,12,13,14,15). The summed E-state index contributed by atoms with van der Waals surface area (Å²) in [5.41, 5.74) is 0.951. The van der Waals surface area contributed by atoms with E-state index in [0.29, 0.717) is 24.7 Å². The molecule has 0 bridgehead atoms. The molecule has 1 aromatic carbocycles. The first-order chi connectivity index (χ1) is 8.29. The molecular weight excluding hydrogens is 222 g/mol. The summed E-state index contributed by atoms with van der Waals surface area (Å²) in [7, 11) is 1.52. The Morgan fingerprint density at radius 3 is 2.94 bits per heavy atom. The van der Waals surface area contributed by atoms with E-state index in [1.807, 2.05) is 6.07 Å². The summed E-state index contributed by atoms with van der Waals surface area (Å²) < 4.78 is 4.96. The largest absolute Gasteiger partial charge is 0.504 e. The van der Waals surface area contributed by atoms with Crippen molar-refractivity contribution in [3.05, 3.63) is 29.6 Å². The number of hydrogen-bond donors (Lipinski definition) is 3. The van der Waals surface area contributed by atoms with E-state index in [-0.39, 0.29) is 5.75 Å². The van der Waals surface area contributed by atoms with Crippen LogP contribution in [0.4, 0.5) is 0 Å². The van der Waals surface area contributed by atoms with Gasteiger partial charge in [0.25, 0.3) is 0 Å². The maximum Gasteiger partial charge on any atom is 0.188 e. The van der Waals surface area contributed by atoms with E-state index < -0.39 is 0 Å². The van der Waals surface area contributed by atoms with E-state index in [9.17, 15) is 5.11 Å². The lowest BCUT2D eigenvalue weighted by Crippen LogP contribution is -2.13. The number of benzene rings is 1. The molecule has 3 N–H and O–H groups in total. The number of phenols is 1. The highest BCUT2D eigenvalue weighted by Crippen LogP contribution is 2.25. The summed E-state index contributed by atoms with van der Waals surface area (Å²) in [4.78, 5) is 0. The monoisotopic (exact) mass is 235 g/mol. The molecule has 0 spiro atoms. The van der Waals surface area contributed by atoms with Gasteiger partial charge in [-0.3, -0.25) is 0 Å². The molecule has 0 unspecified atom stereocenters. The van der Waals surface area contributed by atoms with Gasteiger partial charge in [-0.2, -0.15) is 5.21 Å². The normalized spacial score (nSPS) is 10.4. The highest BCUT2D eigenvalue weighted by atomic mass is 16.5. The number of nitrogens with one attached hydrogen (secondary N) is 2. The quantitative estimate of drug-likeness (QED) is 0.685. The molecule has 7 heteroatoms. The summed E-state index contributed by atoms with van der Waals surface area (Å²) in [6, 6.07) is 5.25. The number of aromatic nitrogens is 4. The second kappa shape index (κ2) is 5.26. The Morgan fingerprint density at radius 1 is 1.41 bits per heavy atom. The molecule has 0 saturated heterocycles. The molecular formula is C10H13N5O2. The van der Waals surface area contributed by atoms with E-state index in [4.69, 9.17) is 4.74 Å². The zero-order chi connectivity index (χ0) is 12.1. The molecule has 0 radical (unpaired) electrons. The van der Waals surface area contributed by atoms with E-state index in [0.717, 1.165) is 5.56 Å². The molecule has 0 fully saturated rings. The Bertz CT molecular complexity index is 472. The average molecular weight is 235 g/mol. The van der Waals surface area contributed by atoms with Crippen molar-refractivity contribution < 1.29 is 9.84 Å². The number of H-pyrrole nitrogens is 1. The molecule has 0 saturated carbocycles. The Labute approximate surface area is 97.8 Å². The third-order valence-electron chi connectivity index (χ3n) is 2.24. The van der Waals surface area contributed by atoms with Gasteiger partial charge in [-0.05, 0) is 17.7 Å². The SMILES string of the molecule is COc1ccc(CNCc2nn[nH]n2)cc1O. The fourth-order valence-corrected chi connectivity index (χ4v) is 1.42. The fraction of sp³-hybridized carbons (Fsp3) is 0.300. The number of hydrogen-bond acceptors (Lipinski definition) is 6. The van der Waals surface area contributed by atoms with Crippen molar-refractivity contribution in [2.75, 3.05) is 7.11 Å². The van der Waals surface area contributed by atoms with Crippen LogP contribution in [-0.2, 0) is 13.1 Å². The number of tetrazole rings is 1. The number of aromatic amines is 1. The molecule has 0 aliphatic heterocycles. The van der Waals surface area contributed by atoms with Crippen LogP contribution in [0.15, 0.2) is 18.2 Å². The van der Waals surface area contributed by atoms with Crippen molar-refractivity contribution in [2.45, 2.75) is 13.1 Å². The Kier molecular flexibility index (Phi) is 3.51. The molecule has 2 aromatic rings. The minimum absolute atomic E-state index is 0.131. The van der Waals surface area contributed by atoms with Crippen molar-refractivity contribution >= 4 is 0 Å². The number of methoxy groups -OCH3 is 1. The van der Waals surface area contributed by atoms with Crippen LogP contribution in [0, 0.1) is 0 Å². The maximum absolute atomic E-state index is 9.58. The van der Waals surface area contributed by atoms with Gasteiger partial charge in [-0.15, -0.1) is 10.2 Å². The Hall–Kier alpha value is -2.15. The summed E-state index contributed by atoms with van der Waals surface area (Å²) in [6.45, 7) is 1.12. The second-order valence-corrected chi connectivity index (χ2v) is 3.44. The molecule has 1 aromatic heterocycles. The number of nitrogens with zero attached hydrogens (tertiary/aromatic N) is 3. The number of aromatic hydroxyl groups is 1. The minimum Gasteiger partial charge on any atom is -0.504 e. The van der Waals surface area contributed by atoms with Crippen LogP contribution in [0.2, 0.25) is 0 Å². The number of rotatable bonds is 5. The summed E-state index contributed by atoms with van der Waals surface area (Å²) in [5.74, 6) is 1.20. The van der Waals surface area contributed by atoms with Crippen molar-refractivity contribution in [3.8, 4) is 11.5 Å². The van der Waals surface area contributed by atoms with Crippen molar-refractivity contribution in [2.24, 2.45) is 0 Å². The van der Waals surface area contributed by atoms with Gasteiger partial charge in [0.2, 0.25) is 0 Å². The predicted octanol–water partition coefficient (Wildman–Crippen LogP) is 0.204. The molecule has 7 nitrogen and oxygen atoms in total. The first kappa shape index (κ1) is 11.3. The molecule has 0 aliphatic carbocycles. The molecule has 90 valence electrons. The van der Waals surface area contributed by atoms with Gasteiger partial charge in [-0.25, -0.2) is 0 Å². The van der Waals surface area contributed by atoms with Crippen molar-refractivity contribution in [1.29, 1.82) is 0 Å². The summed E-state index contributed by atoms with van der Waals surface area (Å²) in [6.07, 6.45) is 0. The third kappa shape index (κ3) is 2.91. The Balaban J connectivity index is 1.89. The molecule has 0 atom stereocenters. The zero-order valence-corrected chi connectivity index (χ0v) is 9.34. The molecule has 0 amide bonds. The molecule has 1 heterocycles. The van der Waals surface area contributed by atoms with Crippen LogP contribution in [0.3, 0.4) is 0 Å². The average Bonchev–Trinajstić information content (AvgIpc) is 2.82. The lowest BCUT2D eigenvalue weighted by atomic mass is 10.2. The lowest BCUT2D eigenvalue weighted by molar-refractivity contribution is 0.373. The van der Waals surface area contributed by atoms with Crippen LogP contribution in [-0.4, -0.2) is 32.8 Å². The molecule has 0 aliphatic rings. The smallest absolute Gasteiger partial charge is 0.188 e. The third-order valence-corrected chi connectivity index (χ3v) is 2.24. The van der Waals surface area contributed by atoms with Crippen molar-refractivity contribution in [1.82, 2.24) is 25.9 Å². The Morgan fingerprint density at radius 2 is 2.29 bits per heavy atom. The lowest BCUT2D eigenvalue weighted by Gasteiger charge is -2.06. The van der Waals surface area contributed by atoms with Crippen LogP contribution >= 0.6 is 0 Å². The van der Waals surface area contributed by atoms with Gasteiger partial charge in [0.05, 0.1) is 13.7 Å². The van der Waals surface area contributed by atoms with Crippen molar-refractivity contribution in [3.63, 3.8) is 0 Å².